The SMILES string of the molecule is O=C1[C@@H]2CC=CC[C@H]2C(=O)N1CCC(=O)N1CCc2ccccc21. The van der Waals surface area contributed by atoms with E-state index >= 15 is 0 Å². The molecule has 0 spiro atoms. The minimum absolute atomic E-state index is 0.0199. The zero-order chi connectivity index (χ0) is 16.7. The fourth-order valence-corrected chi connectivity index (χ4v) is 4.03. The molecule has 2 aliphatic heterocycles. The van der Waals surface area contributed by atoms with Gasteiger partial charge in [-0.2, -0.15) is 0 Å². The molecule has 4 rings (SSSR count). The van der Waals surface area contributed by atoms with Gasteiger partial charge in [-0.1, -0.05) is 30.4 Å². The highest BCUT2D eigenvalue weighted by atomic mass is 16.2. The Morgan fingerprint density at radius 1 is 1.04 bits per heavy atom. The molecule has 2 atom stereocenters. The van der Waals surface area contributed by atoms with Crippen LogP contribution in [0, 0.1) is 11.8 Å². The summed E-state index contributed by atoms with van der Waals surface area (Å²) in [6.45, 7) is 0.872. The number of carbonyl (C=O) groups excluding carboxylic acids is 3. The molecule has 3 amide bonds. The van der Waals surface area contributed by atoms with Crippen molar-refractivity contribution >= 4 is 23.4 Å². The first-order valence-corrected chi connectivity index (χ1v) is 8.55. The third kappa shape index (κ3) is 2.35. The smallest absolute Gasteiger partial charge is 0.233 e. The minimum atomic E-state index is -0.217. The van der Waals surface area contributed by atoms with Crippen molar-refractivity contribution < 1.29 is 14.4 Å². The highest BCUT2D eigenvalue weighted by Crippen LogP contribution is 2.35. The summed E-state index contributed by atoms with van der Waals surface area (Å²) in [4.78, 5) is 40.5. The summed E-state index contributed by atoms with van der Waals surface area (Å²) in [5, 5.41) is 0. The third-order valence-corrected chi connectivity index (χ3v) is 5.34. The molecule has 5 heteroatoms. The lowest BCUT2D eigenvalue weighted by molar-refractivity contribution is -0.140. The van der Waals surface area contributed by atoms with Crippen LogP contribution in [0.2, 0.25) is 0 Å². The van der Waals surface area contributed by atoms with E-state index in [1.165, 1.54) is 10.5 Å². The normalized spacial score (nSPS) is 25.2. The number of hydrogen-bond donors (Lipinski definition) is 0. The fraction of sp³-hybridized carbons (Fsp3) is 0.421. The number of imide groups is 1. The molecule has 124 valence electrons. The van der Waals surface area contributed by atoms with E-state index in [2.05, 4.69) is 0 Å². The van der Waals surface area contributed by atoms with Gasteiger partial charge in [0.2, 0.25) is 17.7 Å². The molecule has 24 heavy (non-hydrogen) atoms. The quantitative estimate of drug-likeness (QED) is 0.630. The molecule has 0 N–H and O–H groups in total. The number of carbonyl (C=O) groups is 3. The highest BCUT2D eigenvalue weighted by molar-refractivity contribution is 6.06. The zero-order valence-electron chi connectivity index (χ0n) is 13.5. The van der Waals surface area contributed by atoms with Gasteiger partial charge in [-0.15, -0.1) is 0 Å². The highest BCUT2D eigenvalue weighted by Gasteiger charge is 2.47. The lowest BCUT2D eigenvalue weighted by atomic mass is 9.85. The summed E-state index contributed by atoms with van der Waals surface area (Å²) in [6.07, 6.45) is 6.28. The standard InChI is InChI=1S/C19H20N2O3/c22-17(20-11-9-13-5-1-4-8-16(13)20)10-12-21-18(23)14-6-2-3-7-15(14)19(21)24/h1-5,8,14-15H,6-7,9-12H2/t14-,15-/m1/s1. The van der Waals surface area contributed by atoms with Crippen molar-refractivity contribution in [2.75, 3.05) is 18.0 Å². The Balaban J connectivity index is 1.42. The van der Waals surface area contributed by atoms with Crippen LogP contribution in [0.3, 0.4) is 0 Å². The molecular formula is C19H20N2O3. The van der Waals surface area contributed by atoms with E-state index in [0.29, 0.717) is 19.4 Å². The Kier molecular flexibility index (Phi) is 3.71. The van der Waals surface area contributed by atoms with Gasteiger partial charge >= 0.3 is 0 Å². The molecule has 1 saturated heterocycles. The zero-order valence-corrected chi connectivity index (χ0v) is 13.5. The first-order valence-electron chi connectivity index (χ1n) is 8.55. The second kappa shape index (κ2) is 5.89. The maximum Gasteiger partial charge on any atom is 0.233 e. The largest absolute Gasteiger partial charge is 0.312 e. The average molecular weight is 324 g/mol. The van der Waals surface area contributed by atoms with E-state index in [0.717, 1.165) is 12.1 Å². The van der Waals surface area contributed by atoms with Crippen LogP contribution in [0.5, 0.6) is 0 Å². The number of rotatable bonds is 3. The molecule has 0 aromatic heterocycles. The van der Waals surface area contributed by atoms with E-state index in [1.807, 2.05) is 36.4 Å². The summed E-state index contributed by atoms with van der Waals surface area (Å²) >= 11 is 0. The third-order valence-electron chi connectivity index (χ3n) is 5.34. The number of amides is 3. The number of fused-ring (bicyclic) bond motifs is 2. The van der Waals surface area contributed by atoms with Crippen LogP contribution in [0.4, 0.5) is 5.69 Å². The molecule has 0 unspecified atom stereocenters. The number of para-hydroxylation sites is 1. The van der Waals surface area contributed by atoms with Crippen molar-refractivity contribution in [1.29, 1.82) is 0 Å². The Morgan fingerprint density at radius 3 is 2.42 bits per heavy atom. The Morgan fingerprint density at radius 2 is 1.71 bits per heavy atom. The van der Waals surface area contributed by atoms with Crippen LogP contribution in [-0.2, 0) is 20.8 Å². The van der Waals surface area contributed by atoms with Crippen molar-refractivity contribution in [2.45, 2.75) is 25.7 Å². The molecular weight excluding hydrogens is 304 g/mol. The van der Waals surface area contributed by atoms with Crippen LogP contribution in [-0.4, -0.2) is 35.7 Å². The summed E-state index contributed by atoms with van der Waals surface area (Å²) in [6, 6.07) is 7.89. The second-order valence-corrected chi connectivity index (χ2v) is 6.66. The Bertz CT molecular complexity index is 714. The van der Waals surface area contributed by atoms with E-state index in [9.17, 15) is 14.4 Å². The van der Waals surface area contributed by atoms with Crippen LogP contribution < -0.4 is 4.90 Å². The Labute approximate surface area is 140 Å². The molecule has 0 bridgehead atoms. The molecule has 1 aromatic carbocycles. The summed E-state index contributed by atoms with van der Waals surface area (Å²) in [5.41, 5.74) is 2.13. The topological polar surface area (TPSA) is 57.7 Å². The van der Waals surface area contributed by atoms with Gasteiger partial charge in [-0.3, -0.25) is 19.3 Å². The van der Waals surface area contributed by atoms with Crippen LogP contribution in [0.15, 0.2) is 36.4 Å². The predicted octanol–water partition coefficient (Wildman–Crippen LogP) is 1.92. The van der Waals surface area contributed by atoms with Gasteiger partial charge < -0.3 is 4.90 Å². The van der Waals surface area contributed by atoms with E-state index < -0.39 is 0 Å². The van der Waals surface area contributed by atoms with Gasteiger partial charge in [0.1, 0.15) is 0 Å². The lowest BCUT2D eigenvalue weighted by Gasteiger charge is -2.20. The molecule has 5 nitrogen and oxygen atoms in total. The van der Waals surface area contributed by atoms with Crippen LogP contribution in [0.1, 0.15) is 24.8 Å². The number of anilines is 1. The molecule has 0 saturated carbocycles. The minimum Gasteiger partial charge on any atom is -0.312 e. The van der Waals surface area contributed by atoms with Gasteiger partial charge in [0.15, 0.2) is 0 Å². The first-order chi connectivity index (χ1) is 11.7. The van der Waals surface area contributed by atoms with Crippen LogP contribution in [0.25, 0.3) is 0 Å². The second-order valence-electron chi connectivity index (χ2n) is 6.66. The van der Waals surface area contributed by atoms with Gasteiger partial charge in [0, 0.05) is 25.2 Å². The van der Waals surface area contributed by atoms with Crippen molar-refractivity contribution in [1.82, 2.24) is 4.90 Å². The number of hydrogen-bond acceptors (Lipinski definition) is 3. The molecule has 3 aliphatic rings. The van der Waals surface area contributed by atoms with Gasteiger partial charge in [0.05, 0.1) is 11.8 Å². The molecule has 0 radical (unpaired) electrons. The van der Waals surface area contributed by atoms with Crippen molar-refractivity contribution in [3.8, 4) is 0 Å². The van der Waals surface area contributed by atoms with E-state index in [4.69, 9.17) is 0 Å². The van der Waals surface area contributed by atoms with Gasteiger partial charge in [-0.25, -0.2) is 0 Å². The summed E-state index contributed by atoms with van der Waals surface area (Å²) in [7, 11) is 0. The summed E-state index contributed by atoms with van der Waals surface area (Å²) in [5.74, 6) is -0.670. The molecule has 1 aromatic rings. The molecule has 1 aliphatic carbocycles. The number of allylic oxidation sites excluding steroid dienone is 2. The first kappa shape index (κ1) is 15.1. The lowest BCUT2D eigenvalue weighted by Crippen LogP contribution is -2.36. The Hall–Kier alpha value is -2.43. The van der Waals surface area contributed by atoms with Gasteiger partial charge in [0.25, 0.3) is 0 Å². The van der Waals surface area contributed by atoms with E-state index in [-0.39, 0.29) is 42.5 Å². The maximum absolute atomic E-state index is 12.6. The number of likely N-dealkylation sites (tertiary alicyclic amines) is 1. The summed E-state index contributed by atoms with van der Waals surface area (Å²) < 4.78 is 0. The number of nitrogens with zero attached hydrogens (tertiary/aromatic N) is 2. The molecule has 1 fully saturated rings. The predicted molar refractivity (Wildman–Crippen MR) is 89.2 cm³/mol. The van der Waals surface area contributed by atoms with E-state index in [1.54, 1.807) is 4.90 Å². The fourth-order valence-electron chi connectivity index (χ4n) is 4.03. The van der Waals surface area contributed by atoms with Crippen molar-refractivity contribution in [3.05, 3.63) is 42.0 Å². The number of benzene rings is 1. The maximum atomic E-state index is 12.6. The monoisotopic (exact) mass is 324 g/mol. The van der Waals surface area contributed by atoms with Crippen molar-refractivity contribution in [2.24, 2.45) is 11.8 Å². The average Bonchev–Trinajstić information content (AvgIpc) is 3.14. The molecule has 2 heterocycles. The van der Waals surface area contributed by atoms with Crippen molar-refractivity contribution in [3.63, 3.8) is 0 Å². The van der Waals surface area contributed by atoms with Crippen LogP contribution >= 0.6 is 0 Å². The van der Waals surface area contributed by atoms with Gasteiger partial charge in [-0.05, 0) is 30.9 Å².